The van der Waals surface area contributed by atoms with Gasteiger partial charge in [0.1, 0.15) is 0 Å². The highest BCUT2D eigenvalue weighted by molar-refractivity contribution is 9.12. The molecule has 0 unspecified atom stereocenters. The maximum atomic E-state index is 11.8. The average Bonchev–Trinajstić information content (AvgIpc) is 2.39. The van der Waals surface area contributed by atoms with Crippen LogP contribution in [0.5, 0.6) is 0 Å². The first kappa shape index (κ1) is 12.5. The lowest BCUT2D eigenvalue weighted by molar-refractivity contribution is 0.487. The van der Waals surface area contributed by atoms with Gasteiger partial charge in [-0.25, -0.2) is 9.78 Å². The second kappa shape index (κ2) is 5.14. The number of benzene rings is 1. The van der Waals surface area contributed by atoms with Gasteiger partial charge in [0.05, 0.1) is 16.5 Å². The second-order valence-corrected chi connectivity index (χ2v) is 4.35. The monoisotopic (exact) mass is 303 g/mol. The number of halogens is 1. The van der Waals surface area contributed by atoms with Crippen molar-refractivity contribution >= 4 is 32.4 Å². The quantitative estimate of drug-likeness (QED) is 0.813. The van der Waals surface area contributed by atoms with Crippen LogP contribution in [0.4, 0.5) is 0 Å². The molecule has 4 heteroatoms. The molecule has 1 aromatic carbocycles. The van der Waals surface area contributed by atoms with Crippen molar-refractivity contribution in [3.8, 4) is 0 Å². The summed E-state index contributed by atoms with van der Waals surface area (Å²) in [4.78, 5) is 16.1. The zero-order valence-electron chi connectivity index (χ0n) is 9.52. The van der Waals surface area contributed by atoms with Crippen molar-refractivity contribution in [1.82, 2.24) is 4.98 Å². The van der Waals surface area contributed by atoms with E-state index >= 15 is 0 Å². The lowest BCUT2D eigenvalue weighted by atomic mass is 10.2. The summed E-state index contributed by atoms with van der Waals surface area (Å²) in [6, 6.07) is 7.03. The highest BCUT2D eigenvalue weighted by Crippen LogP contribution is 2.23. The van der Waals surface area contributed by atoms with Gasteiger partial charge in [-0.3, -0.25) is 0 Å². The molecule has 2 aromatic rings. The molecule has 1 aromatic heterocycles. The number of rotatable bonds is 3. The van der Waals surface area contributed by atoms with E-state index in [9.17, 15) is 4.79 Å². The van der Waals surface area contributed by atoms with Crippen molar-refractivity contribution in [3.05, 3.63) is 70.4 Å². The lowest BCUT2D eigenvalue weighted by Gasteiger charge is -2.03. The van der Waals surface area contributed by atoms with Gasteiger partial charge in [0.15, 0.2) is 0 Å². The average molecular weight is 304 g/mol. The van der Waals surface area contributed by atoms with Crippen LogP contribution in [0, 0.1) is 0 Å². The molecule has 0 aliphatic heterocycles. The van der Waals surface area contributed by atoms with Crippen molar-refractivity contribution in [3.63, 3.8) is 0 Å². The Kier molecular flexibility index (Phi) is 3.58. The molecular weight excluding hydrogens is 294 g/mol. The van der Waals surface area contributed by atoms with Gasteiger partial charge >= 0.3 is 5.63 Å². The van der Waals surface area contributed by atoms with Gasteiger partial charge in [0.25, 0.3) is 0 Å². The van der Waals surface area contributed by atoms with Gasteiger partial charge in [-0.05, 0) is 28.1 Å². The SMILES string of the molecule is C=C/C(Br)=C(\C=C)c1nc2ccccc2c(=O)o1. The van der Waals surface area contributed by atoms with Crippen LogP contribution < -0.4 is 5.63 Å². The Morgan fingerprint density at radius 1 is 1.28 bits per heavy atom. The molecule has 0 atom stereocenters. The molecule has 90 valence electrons. The molecule has 0 saturated heterocycles. The summed E-state index contributed by atoms with van der Waals surface area (Å²) in [5.41, 5.74) is 0.764. The first-order valence-corrected chi connectivity index (χ1v) is 6.01. The molecule has 0 bridgehead atoms. The Labute approximate surface area is 112 Å². The number of nitrogens with zero attached hydrogens (tertiary/aromatic N) is 1. The number of fused-ring (bicyclic) bond motifs is 1. The molecule has 18 heavy (non-hydrogen) atoms. The minimum atomic E-state index is -0.417. The molecule has 3 nitrogen and oxygen atoms in total. The Morgan fingerprint density at radius 3 is 2.67 bits per heavy atom. The van der Waals surface area contributed by atoms with Crippen LogP contribution in [0.1, 0.15) is 5.89 Å². The van der Waals surface area contributed by atoms with Gasteiger partial charge in [-0.1, -0.05) is 37.4 Å². The number of hydrogen-bond donors (Lipinski definition) is 0. The third-order valence-corrected chi connectivity index (χ3v) is 3.16. The third kappa shape index (κ3) is 2.19. The van der Waals surface area contributed by atoms with Crippen LogP contribution in [-0.4, -0.2) is 4.98 Å². The van der Waals surface area contributed by atoms with Crippen LogP contribution in [0.3, 0.4) is 0 Å². The fraction of sp³-hybridized carbons (Fsp3) is 0. The molecule has 0 saturated carbocycles. The topological polar surface area (TPSA) is 43.1 Å². The molecular formula is C14H10BrNO2. The van der Waals surface area contributed by atoms with Crippen molar-refractivity contribution in [2.24, 2.45) is 0 Å². The predicted octanol–water partition coefficient (Wildman–Crippen LogP) is 3.67. The normalized spacial score (nSPS) is 12.1. The minimum absolute atomic E-state index is 0.223. The predicted molar refractivity (Wildman–Crippen MR) is 76.5 cm³/mol. The number of hydrogen-bond acceptors (Lipinski definition) is 3. The van der Waals surface area contributed by atoms with E-state index in [1.165, 1.54) is 0 Å². The third-order valence-electron chi connectivity index (χ3n) is 2.41. The van der Waals surface area contributed by atoms with Crippen molar-refractivity contribution in [1.29, 1.82) is 0 Å². The Balaban J connectivity index is 2.78. The van der Waals surface area contributed by atoms with Gasteiger partial charge in [0, 0.05) is 4.48 Å². The highest BCUT2D eigenvalue weighted by Gasteiger charge is 2.10. The summed E-state index contributed by atoms with van der Waals surface area (Å²) in [5.74, 6) is 0.223. The largest absolute Gasteiger partial charge is 0.403 e. The first-order valence-electron chi connectivity index (χ1n) is 5.22. The van der Waals surface area contributed by atoms with E-state index in [-0.39, 0.29) is 5.89 Å². The van der Waals surface area contributed by atoms with Crippen LogP contribution in [0.2, 0.25) is 0 Å². The number of aromatic nitrogens is 1. The number of para-hydroxylation sites is 1. The van der Waals surface area contributed by atoms with E-state index in [4.69, 9.17) is 4.42 Å². The zero-order valence-corrected chi connectivity index (χ0v) is 11.1. The molecule has 0 aliphatic carbocycles. The van der Waals surface area contributed by atoms with Gasteiger partial charge in [0.2, 0.25) is 5.89 Å². The highest BCUT2D eigenvalue weighted by atomic mass is 79.9. The summed E-state index contributed by atoms with van der Waals surface area (Å²) < 4.78 is 5.86. The van der Waals surface area contributed by atoms with E-state index in [1.807, 2.05) is 6.07 Å². The van der Waals surface area contributed by atoms with E-state index < -0.39 is 5.63 Å². The summed E-state index contributed by atoms with van der Waals surface area (Å²) in [6.45, 7) is 7.32. The van der Waals surface area contributed by atoms with E-state index in [0.717, 1.165) is 0 Å². The van der Waals surface area contributed by atoms with Crippen LogP contribution in [0.15, 0.2) is 63.3 Å². The van der Waals surface area contributed by atoms with E-state index in [0.29, 0.717) is 21.0 Å². The Hall–Kier alpha value is -1.94. The van der Waals surface area contributed by atoms with Crippen LogP contribution in [-0.2, 0) is 0 Å². The van der Waals surface area contributed by atoms with Gasteiger partial charge in [-0.2, -0.15) is 0 Å². The van der Waals surface area contributed by atoms with Crippen molar-refractivity contribution in [2.75, 3.05) is 0 Å². The summed E-state index contributed by atoms with van der Waals surface area (Å²) >= 11 is 3.32. The Bertz CT molecular complexity index is 713. The van der Waals surface area contributed by atoms with Crippen LogP contribution >= 0.6 is 15.9 Å². The summed E-state index contributed by atoms with van der Waals surface area (Å²) in [5, 5.41) is 0.458. The maximum absolute atomic E-state index is 11.8. The maximum Gasteiger partial charge on any atom is 0.347 e. The molecule has 0 fully saturated rings. The van der Waals surface area contributed by atoms with E-state index in [2.05, 4.69) is 34.1 Å². The number of allylic oxidation sites excluding steroid dienone is 4. The molecule has 1 heterocycles. The lowest BCUT2D eigenvalue weighted by Crippen LogP contribution is -2.04. The van der Waals surface area contributed by atoms with Gasteiger partial charge < -0.3 is 4.42 Å². The van der Waals surface area contributed by atoms with Crippen molar-refractivity contribution in [2.45, 2.75) is 0 Å². The molecule has 0 amide bonds. The van der Waals surface area contributed by atoms with Gasteiger partial charge in [-0.15, -0.1) is 0 Å². The molecule has 0 aliphatic rings. The standard InChI is InChI=1S/C14H10BrNO2/c1-3-9(11(15)4-2)13-16-12-8-6-5-7-10(12)14(17)18-13/h3-8H,1-2H2/b11-9-. The van der Waals surface area contributed by atoms with Crippen LogP contribution in [0.25, 0.3) is 16.5 Å². The molecule has 0 spiro atoms. The summed E-state index contributed by atoms with van der Waals surface area (Å²) in [6.07, 6.45) is 3.15. The zero-order chi connectivity index (χ0) is 13.1. The van der Waals surface area contributed by atoms with Crippen molar-refractivity contribution < 1.29 is 4.42 Å². The fourth-order valence-corrected chi connectivity index (χ4v) is 1.86. The smallest absolute Gasteiger partial charge is 0.347 e. The molecule has 2 rings (SSSR count). The molecule has 0 radical (unpaired) electrons. The second-order valence-electron chi connectivity index (χ2n) is 3.49. The fourth-order valence-electron chi connectivity index (χ4n) is 1.53. The summed E-state index contributed by atoms with van der Waals surface area (Å²) in [7, 11) is 0. The van der Waals surface area contributed by atoms with E-state index in [1.54, 1.807) is 30.4 Å². The first-order chi connectivity index (χ1) is 8.67. The minimum Gasteiger partial charge on any atom is -0.403 e. The molecule has 0 N–H and O–H groups in total. The Morgan fingerprint density at radius 2 is 2.00 bits per heavy atom.